The zero-order valence-electron chi connectivity index (χ0n) is 9.46. The number of aromatic nitrogens is 1. The van der Waals surface area contributed by atoms with Crippen LogP contribution in [0.15, 0.2) is 5.51 Å². The summed E-state index contributed by atoms with van der Waals surface area (Å²) in [6, 6.07) is 0. The highest BCUT2D eigenvalue weighted by Gasteiger charge is 2.39. The Labute approximate surface area is 106 Å². The summed E-state index contributed by atoms with van der Waals surface area (Å²) in [6.07, 6.45) is -3.83. The Morgan fingerprint density at radius 1 is 1.39 bits per heavy atom. The lowest BCUT2D eigenvalue weighted by Gasteiger charge is -2.19. The number of rotatable bonds is 1. The predicted octanol–water partition coefficient (Wildman–Crippen LogP) is 1.60. The van der Waals surface area contributed by atoms with Crippen molar-refractivity contribution in [3.05, 3.63) is 16.1 Å². The van der Waals surface area contributed by atoms with E-state index < -0.39 is 17.8 Å². The lowest BCUT2D eigenvalue weighted by atomic mass is 10.3. The highest BCUT2D eigenvalue weighted by atomic mass is 32.1. The number of nitrogens with zero attached hydrogens (tertiary/aromatic N) is 2. The first-order valence-corrected chi connectivity index (χ1v) is 6.39. The lowest BCUT2D eigenvalue weighted by molar-refractivity contribution is -0.141. The quantitative estimate of drug-likeness (QED) is 0.849. The molecule has 4 nitrogen and oxygen atoms in total. The number of thiazole rings is 1. The number of halogens is 3. The monoisotopic (exact) mass is 279 g/mol. The molecule has 1 amide bonds. The molecule has 1 aromatic heterocycles. The van der Waals surface area contributed by atoms with Gasteiger partial charge < -0.3 is 10.2 Å². The van der Waals surface area contributed by atoms with Gasteiger partial charge in [0.05, 0.1) is 5.51 Å². The average molecular weight is 279 g/mol. The van der Waals surface area contributed by atoms with Crippen LogP contribution >= 0.6 is 11.3 Å². The summed E-state index contributed by atoms with van der Waals surface area (Å²) in [5, 5.41) is 3.09. The number of nitrogens with one attached hydrogen (secondary N) is 1. The van der Waals surface area contributed by atoms with Crippen molar-refractivity contribution in [1.82, 2.24) is 15.2 Å². The van der Waals surface area contributed by atoms with Crippen LogP contribution in [-0.4, -0.2) is 42.0 Å². The van der Waals surface area contributed by atoms with Crippen LogP contribution in [0.3, 0.4) is 0 Å². The molecule has 0 aromatic carbocycles. The Balaban J connectivity index is 2.20. The zero-order chi connectivity index (χ0) is 13.2. The SMILES string of the molecule is O=C(c1scnc1C(F)(F)F)N1CCCNCC1. The number of amides is 1. The number of alkyl halides is 3. The minimum Gasteiger partial charge on any atom is -0.337 e. The van der Waals surface area contributed by atoms with E-state index in [-0.39, 0.29) is 4.88 Å². The summed E-state index contributed by atoms with van der Waals surface area (Å²) in [6.45, 7) is 2.28. The summed E-state index contributed by atoms with van der Waals surface area (Å²) < 4.78 is 38.0. The van der Waals surface area contributed by atoms with Crippen molar-refractivity contribution in [1.29, 1.82) is 0 Å². The summed E-state index contributed by atoms with van der Waals surface area (Å²) in [7, 11) is 0. The maximum atomic E-state index is 12.7. The number of hydrogen-bond donors (Lipinski definition) is 1. The van der Waals surface area contributed by atoms with Crippen LogP contribution in [0.5, 0.6) is 0 Å². The van der Waals surface area contributed by atoms with Gasteiger partial charge in [-0.1, -0.05) is 0 Å². The second kappa shape index (κ2) is 5.23. The Morgan fingerprint density at radius 2 is 2.17 bits per heavy atom. The first-order chi connectivity index (χ1) is 8.50. The molecule has 1 aliphatic heterocycles. The first-order valence-electron chi connectivity index (χ1n) is 5.51. The molecule has 1 saturated heterocycles. The van der Waals surface area contributed by atoms with Crippen LogP contribution < -0.4 is 5.32 Å². The largest absolute Gasteiger partial charge is 0.434 e. The zero-order valence-corrected chi connectivity index (χ0v) is 10.3. The van der Waals surface area contributed by atoms with E-state index in [1.54, 1.807) is 0 Å². The summed E-state index contributed by atoms with van der Waals surface area (Å²) >= 11 is 0.742. The Morgan fingerprint density at radius 3 is 2.89 bits per heavy atom. The topological polar surface area (TPSA) is 45.2 Å². The van der Waals surface area contributed by atoms with Gasteiger partial charge >= 0.3 is 6.18 Å². The second-order valence-corrected chi connectivity index (χ2v) is 4.78. The van der Waals surface area contributed by atoms with Crippen molar-refractivity contribution in [2.24, 2.45) is 0 Å². The molecule has 0 saturated carbocycles. The van der Waals surface area contributed by atoms with Crippen LogP contribution in [0.2, 0.25) is 0 Å². The molecule has 0 bridgehead atoms. The van der Waals surface area contributed by atoms with Crippen LogP contribution in [0.4, 0.5) is 13.2 Å². The smallest absolute Gasteiger partial charge is 0.337 e. The molecule has 100 valence electrons. The van der Waals surface area contributed by atoms with Gasteiger partial charge in [-0.2, -0.15) is 13.2 Å². The normalized spacial score (nSPS) is 17.6. The van der Waals surface area contributed by atoms with Gasteiger partial charge in [-0.25, -0.2) is 4.98 Å². The number of carbonyl (C=O) groups is 1. The van der Waals surface area contributed by atoms with Gasteiger partial charge in [0, 0.05) is 19.6 Å². The summed E-state index contributed by atoms with van der Waals surface area (Å²) in [5.41, 5.74) is -0.0127. The standard InChI is InChI=1S/C10H12F3N3OS/c11-10(12,13)8-7(18-6-15-8)9(17)16-4-1-2-14-3-5-16/h6,14H,1-5H2. The molecule has 18 heavy (non-hydrogen) atoms. The van der Waals surface area contributed by atoms with Gasteiger partial charge in [-0.3, -0.25) is 4.79 Å². The van der Waals surface area contributed by atoms with E-state index in [9.17, 15) is 18.0 Å². The molecule has 0 unspecified atom stereocenters. The van der Waals surface area contributed by atoms with Gasteiger partial charge in [-0.05, 0) is 13.0 Å². The van der Waals surface area contributed by atoms with Crippen molar-refractivity contribution in [3.63, 3.8) is 0 Å². The maximum absolute atomic E-state index is 12.7. The van der Waals surface area contributed by atoms with Crippen molar-refractivity contribution in [2.75, 3.05) is 26.2 Å². The van der Waals surface area contributed by atoms with Crippen LogP contribution in [-0.2, 0) is 6.18 Å². The van der Waals surface area contributed by atoms with Crippen LogP contribution in [0, 0.1) is 0 Å². The molecule has 1 aliphatic rings. The Hall–Kier alpha value is -1.15. The lowest BCUT2D eigenvalue weighted by Crippen LogP contribution is -2.34. The van der Waals surface area contributed by atoms with Gasteiger partial charge in [-0.15, -0.1) is 11.3 Å². The molecule has 2 rings (SSSR count). The summed E-state index contributed by atoms with van der Waals surface area (Å²) in [4.78, 5) is 16.4. The number of carbonyl (C=O) groups excluding carboxylic acids is 1. The molecule has 0 radical (unpaired) electrons. The molecule has 1 N–H and O–H groups in total. The maximum Gasteiger partial charge on any atom is 0.434 e. The van der Waals surface area contributed by atoms with Gasteiger partial charge in [0.1, 0.15) is 4.88 Å². The van der Waals surface area contributed by atoms with E-state index in [2.05, 4.69) is 10.3 Å². The third-order valence-corrected chi connectivity index (χ3v) is 3.47. The fraction of sp³-hybridized carbons (Fsp3) is 0.600. The Bertz CT molecular complexity index is 424. The highest BCUT2D eigenvalue weighted by molar-refractivity contribution is 7.11. The fourth-order valence-corrected chi connectivity index (χ4v) is 2.57. The van der Waals surface area contributed by atoms with Crippen molar-refractivity contribution in [2.45, 2.75) is 12.6 Å². The molecule has 2 heterocycles. The molecular weight excluding hydrogens is 267 g/mol. The minimum atomic E-state index is -4.57. The van der Waals surface area contributed by atoms with Gasteiger partial charge in [0.25, 0.3) is 5.91 Å². The molecule has 0 atom stereocenters. The molecular formula is C10H12F3N3OS. The minimum absolute atomic E-state index is 0.315. The summed E-state index contributed by atoms with van der Waals surface area (Å²) in [5.74, 6) is -0.575. The molecule has 1 aromatic rings. The number of hydrogen-bond acceptors (Lipinski definition) is 4. The van der Waals surface area contributed by atoms with Crippen molar-refractivity contribution < 1.29 is 18.0 Å². The fourth-order valence-electron chi connectivity index (χ4n) is 1.79. The molecule has 8 heteroatoms. The van der Waals surface area contributed by atoms with Crippen molar-refractivity contribution in [3.8, 4) is 0 Å². The molecule has 1 fully saturated rings. The van der Waals surface area contributed by atoms with E-state index in [0.29, 0.717) is 19.6 Å². The van der Waals surface area contributed by atoms with E-state index in [1.807, 2.05) is 0 Å². The highest BCUT2D eigenvalue weighted by Crippen LogP contribution is 2.33. The van der Waals surface area contributed by atoms with E-state index in [1.165, 1.54) is 4.90 Å². The molecule has 0 aliphatic carbocycles. The predicted molar refractivity (Wildman–Crippen MR) is 60.5 cm³/mol. The van der Waals surface area contributed by atoms with Crippen molar-refractivity contribution >= 4 is 17.2 Å². The van der Waals surface area contributed by atoms with Gasteiger partial charge in [0.15, 0.2) is 5.69 Å². The molecule has 0 spiro atoms. The average Bonchev–Trinajstić information content (AvgIpc) is 2.64. The van der Waals surface area contributed by atoms with Crippen LogP contribution in [0.25, 0.3) is 0 Å². The van der Waals surface area contributed by atoms with E-state index in [4.69, 9.17) is 0 Å². The van der Waals surface area contributed by atoms with Crippen LogP contribution in [0.1, 0.15) is 21.8 Å². The van der Waals surface area contributed by atoms with Gasteiger partial charge in [0.2, 0.25) is 0 Å². The second-order valence-electron chi connectivity index (χ2n) is 3.92. The van der Waals surface area contributed by atoms with E-state index in [0.717, 1.165) is 29.8 Å². The Kier molecular flexibility index (Phi) is 3.86. The third kappa shape index (κ3) is 2.81. The van der Waals surface area contributed by atoms with E-state index >= 15 is 0 Å². The third-order valence-electron chi connectivity index (χ3n) is 2.66. The first kappa shape index (κ1) is 13.3.